The average molecular weight is 296 g/mol. The highest BCUT2D eigenvalue weighted by atomic mass is 16.2. The van der Waals surface area contributed by atoms with Crippen LogP contribution in [0.5, 0.6) is 0 Å². The van der Waals surface area contributed by atoms with E-state index in [0.29, 0.717) is 11.3 Å². The van der Waals surface area contributed by atoms with Crippen molar-refractivity contribution in [1.29, 1.82) is 0 Å². The SMILES string of the molecule is C=CCN1C(=O)C(c2ccccc2)=C(N2CCCCC2)C1=O. The second-order valence-corrected chi connectivity index (χ2v) is 5.65. The lowest BCUT2D eigenvalue weighted by atomic mass is 10.0. The Morgan fingerprint density at radius 2 is 1.68 bits per heavy atom. The molecule has 4 nitrogen and oxygen atoms in total. The maximum Gasteiger partial charge on any atom is 0.278 e. The monoisotopic (exact) mass is 296 g/mol. The van der Waals surface area contributed by atoms with Gasteiger partial charge in [-0.3, -0.25) is 14.5 Å². The highest BCUT2D eigenvalue weighted by molar-refractivity contribution is 6.35. The molecule has 0 aromatic heterocycles. The van der Waals surface area contributed by atoms with Crippen molar-refractivity contribution in [3.8, 4) is 0 Å². The Balaban J connectivity index is 2.07. The molecule has 0 aliphatic carbocycles. The van der Waals surface area contributed by atoms with Gasteiger partial charge in [-0.05, 0) is 24.8 Å². The Kier molecular flexibility index (Phi) is 4.09. The van der Waals surface area contributed by atoms with Crippen LogP contribution in [0.2, 0.25) is 0 Å². The number of hydrogen-bond donors (Lipinski definition) is 0. The number of imide groups is 1. The average Bonchev–Trinajstić information content (AvgIpc) is 2.81. The number of likely N-dealkylation sites (tertiary alicyclic amines) is 1. The molecule has 0 saturated carbocycles. The fraction of sp³-hybridized carbons (Fsp3) is 0.333. The number of piperidine rings is 1. The van der Waals surface area contributed by atoms with E-state index in [9.17, 15) is 9.59 Å². The molecular formula is C18H20N2O2. The normalized spacial score (nSPS) is 19.1. The van der Waals surface area contributed by atoms with Crippen LogP contribution in [-0.2, 0) is 9.59 Å². The summed E-state index contributed by atoms with van der Waals surface area (Å²) in [4.78, 5) is 28.8. The number of carbonyl (C=O) groups excluding carboxylic acids is 2. The minimum absolute atomic E-state index is 0.189. The summed E-state index contributed by atoms with van der Waals surface area (Å²) in [6, 6.07) is 9.48. The molecule has 1 fully saturated rings. The van der Waals surface area contributed by atoms with Crippen LogP contribution in [0.25, 0.3) is 5.57 Å². The van der Waals surface area contributed by atoms with E-state index in [1.165, 1.54) is 11.3 Å². The predicted molar refractivity (Wildman–Crippen MR) is 85.7 cm³/mol. The zero-order chi connectivity index (χ0) is 15.5. The van der Waals surface area contributed by atoms with E-state index in [0.717, 1.165) is 31.5 Å². The molecule has 1 aromatic rings. The van der Waals surface area contributed by atoms with Gasteiger partial charge in [0, 0.05) is 19.6 Å². The van der Waals surface area contributed by atoms with Crippen LogP contribution < -0.4 is 0 Å². The van der Waals surface area contributed by atoms with Gasteiger partial charge in [-0.1, -0.05) is 36.4 Å². The number of hydrogen-bond acceptors (Lipinski definition) is 3. The Morgan fingerprint density at radius 1 is 1.00 bits per heavy atom. The van der Waals surface area contributed by atoms with Gasteiger partial charge in [-0.2, -0.15) is 0 Å². The van der Waals surface area contributed by atoms with Crippen LogP contribution in [0.3, 0.4) is 0 Å². The fourth-order valence-corrected chi connectivity index (χ4v) is 3.13. The number of amides is 2. The van der Waals surface area contributed by atoms with Gasteiger partial charge in [0.15, 0.2) is 0 Å². The van der Waals surface area contributed by atoms with E-state index < -0.39 is 0 Å². The Hall–Kier alpha value is -2.36. The molecular weight excluding hydrogens is 276 g/mol. The number of carbonyl (C=O) groups is 2. The first-order valence-corrected chi connectivity index (χ1v) is 7.75. The number of nitrogens with zero attached hydrogens (tertiary/aromatic N) is 2. The molecule has 0 atom stereocenters. The first-order valence-electron chi connectivity index (χ1n) is 7.75. The maximum atomic E-state index is 12.7. The molecule has 3 rings (SSSR count). The lowest BCUT2D eigenvalue weighted by Gasteiger charge is -2.29. The van der Waals surface area contributed by atoms with Gasteiger partial charge in [0.25, 0.3) is 11.8 Å². The van der Waals surface area contributed by atoms with Crippen molar-refractivity contribution in [1.82, 2.24) is 9.80 Å². The quantitative estimate of drug-likeness (QED) is 0.633. The van der Waals surface area contributed by atoms with Crippen molar-refractivity contribution in [2.45, 2.75) is 19.3 Å². The third-order valence-corrected chi connectivity index (χ3v) is 4.19. The third kappa shape index (κ3) is 2.45. The van der Waals surface area contributed by atoms with Gasteiger partial charge in [-0.25, -0.2) is 0 Å². The molecule has 2 heterocycles. The highest BCUT2D eigenvalue weighted by Crippen LogP contribution is 2.32. The summed E-state index contributed by atoms with van der Waals surface area (Å²) >= 11 is 0. The van der Waals surface area contributed by atoms with Crippen LogP contribution in [0.4, 0.5) is 0 Å². The molecule has 22 heavy (non-hydrogen) atoms. The second kappa shape index (κ2) is 6.18. The molecule has 2 aliphatic rings. The topological polar surface area (TPSA) is 40.6 Å². The molecule has 0 N–H and O–H groups in total. The molecule has 114 valence electrons. The largest absolute Gasteiger partial charge is 0.366 e. The lowest BCUT2D eigenvalue weighted by molar-refractivity contribution is -0.136. The standard InChI is InChI=1S/C18H20N2O2/c1-2-11-20-17(21)15(14-9-5-3-6-10-14)16(18(20)22)19-12-7-4-8-13-19/h2-3,5-6,9-10H,1,4,7-8,11-13H2. The zero-order valence-corrected chi connectivity index (χ0v) is 12.6. The van der Waals surface area contributed by atoms with Crippen molar-refractivity contribution in [3.05, 3.63) is 54.2 Å². The van der Waals surface area contributed by atoms with Crippen molar-refractivity contribution >= 4 is 17.4 Å². The van der Waals surface area contributed by atoms with E-state index >= 15 is 0 Å². The Morgan fingerprint density at radius 3 is 2.32 bits per heavy atom. The van der Waals surface area contributed by atoms with Gasteiger partial charge >= 0.3 is 0 Å². The van der Waals surface area contributed by atoms with Crippen molar-refractivity contribution in [3.63, 3.8) is 0 Å². The number of rotatable bonds is 4. The smallest absolute Gasteiger partial charge is 0.278 e. The maximum absolute atomic E-state index is 12.7. The summed E-state index contributed by atoms with van der Waals surface area (Å²) in [7, 11) is 0. The lowest BCUT2D eigenvalue weighted by Crippen LogP contribution is -2.37. The van der Waals surface area contributed by atoms with Crippen LogP contribution in [0.15, 0.2) is 48.7 Å². The van der Waals surface area contributed by atoms with Crippen LogP contribution >= 0.6 is 0 Å². The molecule has 1 saturated heterocycles. The van der Waals surface area contributed by atoms with Gasteiger partial charge in [0.1, 0.15) is 5.70 Å². The van der Waals surface area contributed by atoms with Crippen molar-refractivity contribution in [2.24, 2.45) is 0 Å². The van der Waals surface area contributed by atoms with E-state index in [1.807, 2.05) is 30.3 Å². The van der Waals surface area contributed by atoms with E-state index in [-0.39, 0.29) is 18.4 Å². The summed E-state index contributed by atoms with van der Waals surface area (Å²) < 4.78 is 0. The van der Waals surface area contributed by atoms with E-state index in [4.69, 9.17) is 0 Å². The zero-order valence-electron chi connectivity index (χ0n) is 12.6. The van der Waals surface area contributed by atoms with Crippen molar-refractivity contribution < 1.29 is 9.59 Å². The molecule has 2 aliphatic heterocycles. The van der Waals surface area contributed by atoms with Gasteiger partial charge in [0.05, 0.1) is 5.57 Å². The molecule has 0 bridgehead atoms. The van der Waals surface area contributed by atoms with Gasteiger partial charge < -0.3 is 4.90 Å². The van der Waals surface area contributed by atoms with Gasteiger partial charge in [-0.15, -0.1) is 6.58 Å². The summed E-state index contributed by atoms with van der Waals surface area (Å²) in [6.07, 6.45) is 4.91. The molecule has 1 aromatic carbocycles. The first-order chi connectivity index (χ1) is 10.7. The summed E-state index contributed by atoms with van der Waals surface area (Å²) in [6.45, 7) is 5.59. The van der Waals surface area contributed by atoms with Crippen LogP contribution in [0, 0.1) is 0 Å². The molecule has 2 amide bonds. The highest BCUT2D eigenvalue weighted by Gasteiger charge is 2.40. The minimum Gasteiger partial charge on any atom is -0.366 e. The van der Waals surface area contributed by atoms with Crippen LogP contribution in [-0.4, -0.2) is 41.2 Å². The van der Waals surface area contributed by atoms with Crippen molar-refractivity contribution in [2.75, 3.05) is 19.6 Å². The summed E-state index contributed by atoms with van der Waals surface area (Å²) in [5.74, 6) is -0.401. The number of benzene rings is 1. The Labute approximate surface area is 130 Å². The van der Waals surface area contributed by atoms with Crippen LogP contribution in [0.1, 0.15) is 24.8 Å². The van der Waals surface area contributed by atoms with Gasteiger partial charge in [0.2, 0.25) is 0 Å². The predicted octanol–water partition coefficient (Wildman–Crippen LogP) is 2.44. The minimum atomic E-state index is -0.211. The molecule has 0 spiro atoms. The van der Waals surface area contributed by atoms with E-state index in [1.54, 1.807) is 6.08 Å². The Bertz CT molecular complexity index is 628. The molecule has 0 unspecified atom stereocenters. The first kappa shape index (κ1) is 14.6. The van der Waals surface area contributed by atoms with E-state index in [2.05, 4.69) is 11.5 Å². The summed E-state index contributed by atoms with van der Waals surface area (Å²) in [5.41, 5.74) is 1.92. The third-order valence-electron chi connectivity index (χ3n) is 4.19. The summed E-state index contributed by atoms with van der Waals surface area (Å²) in [5, 5.41) is 0. The molecule has 0 radical (unpaired) electrons. The molecule has 4 heteroatoms. The fourth-order valence-electron chi connectivity index (χ4n) is 3.13. The second-order valence-electron chi connectivity index (χ2n) is 5.65.